The minimum Gasteiger partial charge on any atom is -0.314 e. The van der Waals surface area contributed by atoms with Gasteiger partial charge in [0.25, 0.3) is 0 Å². The summed E-state index contributed by atoms with van der Waals surface area (Å²) in [6.45, 7) is 1.48. The first-order chi connectivity index (χ1) is 9.83. The number of anilines is 2. The zero-order valence-electron chi connectivity index (χ0n) is 11.0. The van der Waals surface area contributed by atoms with Gasteiger partial charge < -0.3 is 9.80 Å². The molecule has 2 aromatic rings. The molecular weight excluding hydrogens is 252 g/mol. The minimum absolute atomic E-state index is 0.742. The summed E-state index contributed by atoms with van der Waals surface area (Å²) in [6, 6.07) is 8.34. The molecule has 2 amide bonds. The van der Waals surface area contributed by atoms with Crippen molar-refractivity contribution in [1.82, 2.24) is 0 Å². The van der Waals surface area contributed by atoms with Gasteiger partial charge in [-0.1, -0.05) is 24.3 Å². The number of benzene rings is 2. The molecule has 0 bridgehead atoms. The van der Waals surface area contributed by atoms with Crippen molar-refractivity contribution in [3.8, 4) is 0 Å². The molecule has 2 aromatic carbocycles. The Balaban J connectivity index is 2.05. The third-order valence-electron chi connectivity index (χ3n) is 4.38. The molecule has 0 aliphatic carbocycles. The molecule has 0 atom stereocenters. The quantitative estimate of drug-likeness (QED) is 0.779. The average Bonchev–Trinajstić information content (AvgIpc) is 3.10. The van der Waals surface area contributed by atoms with Gasteiger partial charge in [-0.2, -0.15) is 0 Å². The Bertz CT molecular complexity index is 676. The molecule has 2 aliphatic heterocycles. The molecule has 2 aliphatic rings. The second-order valence-electron chi connectivity index (χ2n) is 5.34. The van der Waals surface area contributed by atoms with E-state index in [1.165, 1.54) is 11.1 Å². The summed E-state index contributed by atoms with van der Waals surface area (Å²) in [7, 11) is 0. The van der Waals surface area contributed by atoms with E-state index in [1.54, 1.807) is 9.80 Å². The number of fused-ring (bicyclic) bond motifs is 5. The maximum atomic E-state index is 11.2. The Kier molecular flexibility index (Phi) is 2.33. The molecule has 2 heterocycles. The molecule has 4 rings (SSSR count). The van der Waals surface area contributed by atoms with Gasteiger partial charge in [0.05, 0.1) is 11.4 Å². The molecule has 100 valence electrons. The number of amides is 2. The predicted octanol–water partition coefficient (Wildman–Crippen LogP) is 1.88. The molecule has 0 fully saturated rings. The monoisotopic (exact) mass is 266 g/mol. The van der Waals surface area contributed by atoms with Crippen LogP contribution in [-0.2, 0) is 22.4 Å². The lowest BCUT2D eigenvalue weighted by Gasteiger charge is -2.17. The van der Waals surface area contributed by atoms with Gasteiger partial charge in [-0.05, 0) is 24.0 Å². The van der Waals surface area contributed by atoms with Crippen LogP contribution in [0.15, 0.2) is 24.3 Å². The van der Waals surface area contributed by atoms with Crippen LogP contribution in [0, 0.1) is 0 Å². The van der Waals surface area contributed by atoms with Crippen LogP contribution in [0.4, 0.5) is 11.4 Å². The zero-order valence-corrected chi connectivity index (χ0v) is 11.0. The lowest BCUT2D eigenvalue weighted by molar-refractivity contribution is -0.108. The maximum Gasteiger partial charge on any atom is 0.214 e. The minimum atomic E-state index is 0.742. The van der Waals surface area contributed by atoms with Crippen LogP contribution in [0.3, 0.4) is 0 Å². The van der Waals surface area contributed by atoms with Gasteiger partial charge in [0.15, 0.2) is 0 Å². The van der Waals surface area contributed by atoms with Gasteiger partial charge in [0.2, 0.25) is 12.8 Å². The third-order valence-corrected chi connectivity index (χ3v) is 4.38. The molecular formula is C16H14N2O2. The van der Waals surface area contributed by atoms with E-state index in [-0.39, 0.29) is 0 Å². The van der Waals surface area contributed by atoms with E-state index in [0.717, 1.165) is 60.9 Å². The Labute approximate surface area is 116 Å². The highest BCUT2D eigenvalue weighted by Gasteiger charge is 2.26. The van der Waals surface area contributed by atoms with Crippen LogP contribution in [0.25, 0.3) is 10.8 Å². The standard InChI is InChI=1S/C16H14N2O2/c19-9-17-7-5-11-1-3-13-14(15(11)17)4-2-12-6-8-18(10-20)16(12)13/h1-4,9-10H,5-8H2. The van der Waals surface area contributed by atoms with E-state index >= 15 is 0 Å². The molecule has 20 heavy (non-hydrogen) atoms. The normalized spacial score (nSPS) is 16.4. The van der Waals surface area contributed by atoms with E-state index in [4.69, 9.17) is 0 Å². The van der Waals surface area contributed by atoms with E-state index in [2.05, 4.69) is 24.3 Å². The number of nitrogens with zero attached hydrogens (tertiary/aromatic N) is 2. The van der Waals surface area contributed by atoms with Crippen LogP contribution in [0.2, 0.25) is 0 Å². The summed E-state index contributed by atoms with van der Waals surface area (Å²) in [5, 5.41) is 2.14. The van der Waals surface area contributed by atoms with Gasteiger partial charge in [0, 0.05) is 23.9 Å². The fraction of sp³-hybridized carbons (Fsp3) is 0.250. The highest BCUT2D eigenvalue weighted by Crippen LogP contribution is 2.41. The highest BCUT2D eigenvalue weighted by atomic mass is 16.1. The first-order valence-corrected chi connectivity index (χ1v) is 6.85. The molecule has 0 spiro atoms. The Morgan fingerprint density at radius 3 is 1.60 bits per heavy atom. The Morgan fingerprint density at radius 1 is 0.750 bits per heavy atom. The molecule has 4 nitrogen and oxygen atoms in total. The van der Waals surface area contributed by atoms with E-state index in [9.17, 15) is 9.59 Å². The van der Waals surface area contributed by atoms with Crippen molar-refractivity contribution >= 4 is 35.0 Å². The summed E-state index contributed by atoms with van der Waals surface area (Å²) in [5.74, 6) is 0. The highest BCUT2D eigenvalue weighted by molar-refractivity contribution is 6.09. The summed E-state index contributed by atoms with van der Waals surface area (Å²) in [4.78, 5) is 26.0. The zero-order chi connectivity index (χ0) is 13.7. The summed E-state index contributed by atoms with van der Waals surface area (Å²) >= 11 is 0. The first kappa shape index (κ1) is 11.5. The van der Waals surface area contributed by atoms with Crippen LogP contribution in [-0.4, -0.2) is 25.9 Å². The molecule has 0 N–H and O–H groups in total. The van der Waals surface area contributed by atoms with Crippen LogP contribution >= 0.6 is 0 Å². The predicted molar refractivity (Wildman–Crippen MR) is 78.2 cm³/mol. The number of rotatable bonds is 2. The molecule has 0 saturated carbocycles. The summed E-state index contributed by atoms with van der Waals surface area (Å²) in [6.07, 6.45) is 3.60. The van der Waals surface area contributed by atoms with Gasteiger partial charge in [-0.3, -0.25) is 9.59 Å². The fourth-order valence-electron chi connectivity index (χ4n) is 3.46. The second kappa shape index (κ2) is 4.07. The third kappa shape index (κ3) is 1.36. The Hall–Kier alpha value is -2.36. The van der Waals surface area contributed by atoms with Crippen molar-refractivity contribution < 1.29 is 9.59 Å². The molecule has 0 aromatic heterocycles. The number of carbonyl (C=O) groups is 2. The Morgan fingerprint density at radius 2 is 1.20 bits per heavy atom. The number of carbonyl (C=O) groups excluding carboxylic acids is 2. The number of hydrogen-bond donors (Lipinski definition) is 0. The fourth-order valence-corrected chi connectivity index (χ4v) is 3.46. The van der Waals surface area contributed by atoms with Crippen LogP contribution in [0.1, 0.15) is 11.1 Å². The molecule has 0 saturated heterocycles. The molecule has 4 heteroatoms. The van der Waals surface area contributed by atoms with Gasteiger partial charge >= 0.3 is 0 Å². The van der Waals surface area contributed by atoms with Crippen LogP contribution in [0.5, 0.6) is 0 Å². The first-order valence-electron chi connectivity index (χ1n) is 6.85. The lowest BCUT2D eigenvalue weighted by atomic mass is 10.00. The van der Waals surface area contributed by atoms with Crippen molar-refractivity contribution in [2.45, 2.75) is 12.8 Å². The van der Waals surface area contributed by atoms with Gasteiger partial charge in [-0.25, -0.2) is 0 Å². The summed E-state index contributed by atoms with van der Waals surface area (Å²) in [5.41, 5.74) is 4.44. The van der Waals surface area contributed by atoms with Crippen molar-refractivity contribution in [2.75, 3.05) is 22.9 Å². The van der Waals surface area contributed by atoms with Crippen molar-refractivity contribution in [1.29, 1.82) is 0 Å². The van der Waals surface area contributed by atoms with Crippen molar-refractivity contribution in [3.05, 3.63) is 35.4 Å². The molecule has 0 unspecified atom stereocenters. The van der Waals surface area contributed by atoms with Gasteiger partial charge in [-0.15, -0.1) is 0 Å². The van der Waals surface area contributed by atoms with Crippen molar-refractivity contribution in [3.63, 3.8) is 0 Å². The number of hydrogen-bond acceptors (Lipinski definition) is 2. The molecule has 0 radical (unpaired) electrons. The second-order valence-corrected chi connectivity index (χ2v) is 5.34. The topological polar surface area (TPSA) is 40.6 Å². The summed E-state index contributed by atoms with van der Waals surface area (Å²) < 4.78 is 0. The largest absolute Gasteiger partial charge is 0.314 e. The smallest absolute Gasteiger partial charge is 0.214 e. The SMILES string of the molecule is O=CN1CCc2ccc3c4c(ccc3c21)CCN4C=O. The van der Waals surface area contributed by atoms with E-state index in [1.807, 2.05) is 0 Å². The van der Waals surface area contributed by atoms with E-state index in [0.29, 0.717) is 0 Å². The lowest BCUT2D eigenvalue weighted by Crippen LogP contribution is -2.18. The van der Waals surface area contributed by atoms with Crippen LogP contribution < -0.4 is 9.80 Å². The van der Waals surface area contributed by atoms with E-state index < -0.39 is 0 Å². The van der Waals surface area contributed by atoms with Gasteiger partial charge in [0.1, 0.15) is 0 Å². The van der Waals surface area contributed by atoms with Crippen molar-refractivity contribution in [2.24, 2.45) is 0 Å². The average molecular weight is 266 g/mol. The maximum absolute atomic E-state index is 11.2.